The van der Waals surface area contributed by atoms with Crippen molar-refractivity contribution in [1.82, 2.24) is 19.1 Å². The highest BCUT2D eigenvalue weighted by molar-refractivity contribution is 7.47. The molecule has 0 radical (unpaired) electrons. The quantitative estimate of drug-likeness (QED) is 0.0875. The second kappa shape index (κ2) is 22.1. The summed E-state index contributed by atoms with van der Waals surface area (Å²) in [6.07, 6.45) is 3.22. The molecule has 0 bridgehead atoms. The van der Waals surface area contributed by atoms with Gasteiger partial charge in [0.2, 0.25) is 16.8 Å². The van der Waals surface area contributed by atoms with Crippen molar-refractivity contribution in [2.45, 2.75) is 142 Å². The van der Waals surface area contributed by atoms with Gasteiger partial charge in [-0.3, -0.25) is 38.7 Å². The van der Waals surface area contributed by atoms with E-state index in [1.807, 2.05) is 41.0 Å². The van der Waals surface area contributed by atoms with Crippen LogP contribution in [0.2, 0.25) is 18.1 Å². The summed E-state index contributed by atoms with van der Waals surface area (Å²) in [5, 5.41) is -0.0560. The number of methoxy groups -OCH3 is 1. The van der Waals surface area contributed by atoms with Gasteiger partial charge in [-0.25, -0.2) is 9.59 Å². The first-order valence-corrected chi connectivity index (χ1v) is 25.7. The molecular weight excluding hydrogens is 810 g/mol. The third kappa shape index (κ3) is 12.6. The summed E-state index contributed by atoms with van der Waals surface area (Å²) < 4.78 is 50.9. The first kappa shape index (κ1) is 49.5. The normalized spacial score (nSPS) is 26.2. The van der Waals surface area contributed by atoms with Crippen LogP contribution in [0.1, 0.15) is 84.9 Å². The summed E-state index contributed by atoms with van der Waals surface area (Å²) in [7, 11) is -3.23. The van der Waals surface area contributed by atoms with Crippen molar-refractivity contribution in [3.8, 4) is 0 Å². The number of H-pyrrole nitrogens is 2. The molecule has 10 unspecified atom stereocenters. The van der Waals surface area contributed by atoms with Gasteiger partial charge in [0.05, 0.1) is 12.2 Å². The van der Waals surface area contributed by atoms with Crippen LogP contribution in [-0.2, 0) is 36.7 Å². The minimum Gasteiger partial charge on any atom is -0.437 e. The predicted octanol–water partition coefficient (Wildman–Crippen LogP) is 5.49. The molecule has 2 saturated heterocycles. The van der Waals surface area contributed by atoms with Crippen LogP contribution >= 0.6 is 16.8 Å². The van der Waals surface area contributed by atoms with E-state index < -0.39 is 84.4 Å². The molecule has 0 saturated carbocycles. The van der Waals surface area contributed by atoms with Gasteiger partial charge in [0.1, 0.15) is 24.4 Å². The summed E-state index contributed by atoms with van der Waals surface area (Å²) in [5.74, 6) is 0. The van der Waals surface area contributed by atoms with Gasteiger partial charge in [0, 0.05) is 57.0 Å². The number of rotatable bonds is 17. The molecule has 0 aromatic carbocycles. The zero-order chi connectivity index (χ0) is 43.5. The lowest BCUT2D eigenvalue weighted by molar-refractivity contribution is -0.0538. The maximum absolute atomic E-state index is 12.7. The molecule has 2 aromatic rings. The van der Waals surface area contributed by atoms with Gasteiger partial charge in [0.15, 0.2) is 33.6 Å². The maximum atomic E-state index is 12.7. The number of hydrogen-bond donors (Lipinski definition) is 2. The van der Waals surface area contributed by atoms with Crippen LogP contribution in [0.25, 0.3) is 0 Å². The second-order valence-electron chi connectivity index (χ2n) is 15.4. The third-order valence-electron chi connectivity index (χ3n) is 10.2. The molecule has 2 aliphatic heterocycles. The maximum Gasteiger partial charge on any atom is 0.330 e. The lowest BCUT2D eigenvalue weighted by atomic mass is 10.1. The van der Waals surface area contributed by atoms with Crippen molar-refractivity contribution in [3.63, 3.8) is 0 Å². The SMILES string of the molecule is CCN=COP(C)OC1C(CC)OC(n2cc(C)c(=O)[nH]c2=O)C1OC.CCN=COP(C)OC1C(CC)OC(n2cc(C)c(=O)[nH]c2=O)C1O[Si](C)(C)C(C)(C)C. The Labute approximate surface area is 344 Å². The van der Waals surface area contributed by atoms with E-state index in [0.29, 0.717) is 37.1 Å². The zero-order valence-corrected chi connectivity index (χ0v) is 39.1. The van der Waals surface area contributed by atoms with E-state index >= 15 is 0 Å². The van der Waals surface area contributed by atoms with Crippen LogP contribution < -0.4 is 22.5 Å². The minimum absolute atomic E-state index is 0.0560. The van der Waals surface area contributed by atoms with Gasteiger partial charge in [-0.05, 0) is 58.7 Å². The van der Waals surface area contributed by atoms with Crippen molar-refractivity contribution in [2.24, 2.45) is 9.98 Å². The number of ether oxygens (including phenoxy) is 3. The van der Waals surface area contributed by atoms with Crippen molar-refractivity contribution in [2.75, 3.05) is 33.5 Å². The molecule has 4 heterocycles. The Balaban J connectivity index is 0.000000317. The molecule has 0 spiro atoms. The average Bonchev–Trinajstić information content (AvgIpc) is 3.67. The molecule has 2 fully saturated rings. The molecule has 328 valence electrons. The minimum atomic E-state index is -2.26. The average molecular weight is 875 g/mol. The summed E-state index contributed by atoms with van der Waals surface area (Å²) in [4.78, 5) is 61.2. The molecular formula is C37H64N6O12P2Si. The number of nitrogens with zero attached hydrogens (tertiary/aromatic N) is 4. The number of aromatic amines is 2. The zero-order valence-electron chi connectivity index (χ0n) is 36.3. The first-order valence-electron chi connectivity index (χ1n) is 19.5. The number of hydrogen-bond acceptors (Lipinski definition) is 14. The van der Waals surface area contributed by atoms with E-state index in [9.17, 15) is 19.2 Å². The van der Waals surface area contributed by atoms with E-state index in [4.69, 9.17) is 36.7 Å². The third-order valence-corrected chi connectivity index (χ3v) is 16.5. The molecule has 2 aliphatic rings. The van der Waals surface area contributed by atoms with Crippen molar-refractivity contribution < 1.29 is 36.7 Å². The Bertz CT molecular complexity index is 1910. The molecule has 58 heavy (non-hydrogen) atoms. The molecule has 10 atom stereocenters. The fourth-order valence-electron chi connectivity index (χ4n) is 5.96. The number of aromatic nitrogens is 4. The van der Waals surface area contributed by atoms with Crippen molar-refractivity contribution in [3.05, 3.63) is 65.2 Å². The number of aliphatic imine (C=N–C) groups is 2. The molecule has 4 rings (SSSR count). The monoisotopic (exact) mass is 874 g/mol. The Kier molecular flexibility index (Phi) is 18.9. The van der Waals surface area contributed by atoms with Gasteiger partial charge in [0.25, 0.3) is 11.1 Å². The van der Waals surface area contributed by atoms with Crippen LogP contribution in [0, 0.1) is 13.8 Å². The van der Waals surface area contributed by atoms with Gasteiger partial charge in [-0.2, -0.15) is 0 Å². The fraction of sp³-hybridized carbons (Fsp3) is 0.730. The molecule has 2 N–H and O–H groups in total. The smallest absolute Gasteiger partial charge is 0.330 e. The van der Waals surface area contributed by atoms with E-state index in [1.54, 1.807) is 13.8 Å². The number of aryl methyl sites for hydroxylation is 2. The Morgan fingerprint density at radius 2 is 1.14 bits per heavy atom. The first-order chi connectivity index (χ1) is 27.2. The largest absolute Gasteiger partial charge is 0.437 e. The molecule has 0 aliphatic carbocycles. The lowest BCUT2D eigenvalue weighted by Crippen LogP contribution is -2.50. The van der Waals surface area contributed by atoms with Gasteiger partial charge in [-0.15, -0.1) is 0 Å². The summed E-state index contributed by atoms with van der Waals surface area (Å²) >= 11 is 0. The lowest BCUT2D eigenvalue weighted by Gasteiger charge is -2.40. The highest BCUT2D eigenvalue weighted by atomic mass is 31.2. The molecule has 18 nitrogen and oxygen atoms in total. The highest BCUT2D eigenvalue weighted by Crippen LogP contribution is 2.47. The highest BCUT2D eigenvalue weighted by Gasteiger charge is 2.52. The molecule has 2 aromatic heterocycles. The molecule has 0 amide bonds. The van der Waals surface area contributed by atoms with Crippen LogP contribution in [0.15, 0.2) is 41.6 Å². The van der Waals surface area contributed by atoms with E-state index in [0.717, 1.165) is 0 Å². The Morgan fingerprint density at radius 1 is 0.741 bits per heavy atom. The van der Waals surface area contributed by atoms with Crippen LogP contribution in [0.5, 0.6) is 0 Å². The predicted molar refractivity (Wildman–Crippen MR) is 229 cm³/mol. The van der Waals surface area contributed by atoms with E-state index in [2.05, 4.69) is 53.8 Å². The van der Waals surface area contributed by atoms with Crippen LogP contribution in [0.4, 0.5) is 0 Å². The van der Waals surface area contributed by atoms with Gasteiger partial charge >= 0.3 is 11.4 Å². The standard InChI is InChI=1S/C21H38N3O6PSi.C16H26N3O6P/c1-10-15-16(29-31(7)27-13-22-11-2)17(30-32(8,9)21(4,5)6)19(28-15)24-12-14(3)18(25)23-20(24)26;1-6-11-12(25-26(5)23-9-17-7-2)13(22-4)15(24-11)19-8-10(3)14(20)18-16(19)21/h12-13,15-17,19H,10-11H2,1-9H3,(H,23,25,26);8-9,11-13,15H,6-7H2,1-5H3,(H,18,20,21). The molecule has 21 heteroatoms. The Hall–Kier alpha value is -2.86. The number of nitrogens with one attached hydrogen (secondary N) is 2. The summed E-state index contributed by atoms with van der Waals surface area (Å²) in [5.41, 5.74) is -1.07. The summed E-state index contributed by atoms with van der Waals surface area (Å²) in [6, 6.07) is 0. The van der Waals surface area contributed by atoms with E-state index in [1.165, 1.54) is 41.4 Å². The second-order valence-corrected chi connectivity index (χ2v) is 22.7. The van der Waals surface area contributed by atoms with Crippen LogP contribution in [-0.4, -0.2) is 110 Å². The summed E-state index contributed by atoms with van der Waals surface area (Å²) in [6.45, 7) is 26.8. The van der Waals surface area contributed by atoms with E-state index in [-0.39, 0.29) is 17.2 Å². The van der Waals surface area contributed by atoms with Crippen LogP contribution in [0.3, 0.4) is 0 Å². The van der Waals surface area contributed by atoms with Crippen molar-refractivity contribution in [1.29, 1.82) is 0 Å². The Morgan fingerprint density at radius 3 is 1.50 bits per heavy atom. The fourth-order valence-corrected chi connectivity index (χ4v) is 8.94. The van der Waals surface area contributed by atoms with Crippen molar-refractivity contribution >= 4 is 37.9 Å². The van der Waals surface area contributed by atoms with Gasteiger partial charge in [-0.1, -0.05) is 34.6 Å². The topological polar surface area (TPSA) is 208 Å². The van der Waals surface area contributed by atoms with Gasteiger partial charge < -0.3 is 36.7 Å².